The number of carboxylic acid groups (broad SMARTS) is 1. The summed E-state index contributed by atoms with van der Waals surface area (Å²) in [6, 6.07) is 15.4. The SMILES string of the molecule is CC[C@H](NC(=O)OCC1c2ccccc2-c2ccccc21)C(=O)NC1(CC(=O)O)CCSCC1. The number of nitrogens with one attached hydrogen (secondary N) is 2. The van der Waals surface area contributed by atoms with Crippen LogP contribution >= 0.6 is 11.8 Å². The van der Waals surface area contributed by atoms with Crippen LogP contribution < -0.4 is 10.6 Å². The van der Waals surface area contributed by atoms with Gasteiger partial charge in [0, 0.05) is 5.92 Å². The van der Waals surface area contributed by atoms with Crippen molar-refractivity contribution in [2.75, 3.05) is 18.1 Å². The molecule has 4 rings (SSSR count). The molecule has 0 radical (unpaired) electrons. The third-order valence-corrected chi connectivity index (χ3v) is 7.67. The number of carbonyl (C=O) groups is 3. The fraction of sp³-hybridized carbons (Fsp3) is 0.423. The Morgan fingerprint density at radius 3 is 2.21 bits per heavy atom. The van der Waals surface area contributed by atoms with Gasteiger partial charge >= 0.3 is 12.1 Å². The van der Waals surface area contributed by atoms with E-state index in [1.165, 1.54) is 0 Å². The molecule has 2 aromatic carbocycles. The van der Waals surface area contributed by atoms with Crippen LogP contribution in [0.3, 0.4) is 0 Å². The highest BCUT2D eigenvalue weighted by Gasteiger charge is 2.38. The molecule has 1 aliphatic carbocycles. The monoisotopic (exact) mass is 482 g/mol. The van der Waals surface area contributed by atoms with Crippen molar-refractivity contribution in [3.8, 4) is 11.1 Å². The second kappa shape index (κ2) is 10.5. The summed E-state index contributed by atoms with van der Waals surface area (Å²) in [4.78, 5) is 37.0. The molecule has 1 saturated heterocycles. The number of hydrogen-bond acceptors (Lipinski definition) is 5. The first-order chi connectivity index (χ1) is 16.4. The predicted molar refractivity (Wildman–Crippen MR) is 132 cm³/mol. The summed E-state index contributed by atoms with van der Waals surface area (Å²) in [5.74, 6) is 0.216. The Morgan fingerprint density at radius 2 is 1.65 bits per heavy atom. The Labute approximate surface area is 203 Å². The summed E-state index contributed by atoms with van der Waals surface area (Å²) in [6.45, 7) is 1.96. The molecule has 1 atom stereocenters. The number of fused-ring (bicyclic) bond motifs is 3. The first-order valence-corrected chi connectivity index (χ1v) is 12.8. The van der Waals surface area contributed by atoms with Gasteiger partial charge in [-0.15, -0.1) is 0 Å². The van der Waals surface area contributed by atoms with Gasteiger partial charge in [-0.2, -0.15) is 11.8 Å². The fourth-order valence-electron chi connectivity index (χ4n) is 4.88. The number of rotatable bonds is 8. The lowest BCUT2D eigenvalue weighted by atomic mass is 9.88. The topological polar surface area (TPSA) is 105 Å². The molecule has 7 nitrogen and oxygen atoms in total. The van der Waals surface area contributed by atoms with Crippen LogP contribution in [0, 0.1) is 0 Å². The van der Waals surface area contributed by atoms with E-state index in [-0.39, 0.29) is 24.9 Å². The van der Waals surface area contributed by atoms with E-state index < -0.39 is 23.6 Å². The number of benzene rings is 2. The molecule has 3 N–H and O–H groups in total. The Morgan fingerprint density at radius 1 is 1.06 bits per heavy atom. The molecule has 8 heteroatoms. The van der Waals surface area contributed by atoms with Crippen molar-refractivity contribution in [1.29, 1.82) is 0 Å². The average Bonchev–Trinajstić information content (AvgIpc) is 3.15. The van der Waals surface area contributed by atoms with Crippen LogP contribution in [0.4, 0.5) is 4.79 Å². The van der Waals surface area contributed by atoms with Crippen molar-refractivity contribution in [2.24, 2.45) is 0 Å². The second-order valence-corrected chi connectivity index (χ2v) is 10.1. The highest BCUT2D eigenvalue weighted by Crippen LogP contribution is 2.44. The number of amides is 2. The molecule has 1 heterocycles. The zero-order valence-electron chi connectivity index (χ0n) is 19.2. The van der Waals surface area contributed by atoms with Crippen LogP contribution in [0.2, 0.25) is 0 Å². The molecule has 0 spiro atoms. The summed E-state index contributed by atoms with van der Waals surface area (Å²) >= 11 is 1.75. The lowest BCUT2D eigenvalue weighted by Crippen LogP contribution is -2.57. The number of carboxylic acids is 1. The molecule has 2 aliphatic rings. The van der Waals surface area contributed by atoms with E-state index in [9.17, 15) is 19.5 Å². The second-order valence-electron chi connectivity index (χ2n) is 8.88. The Bertz CT molecular complexity index is 1020. The van der Waals surface area contributed by atoms with E-state index >= 15 is 0 Å². The van der Waals surface area contributed by atoms with Crippen LogP contribution in [0.15, 0.2) is 48.5 Å². The molecule has 1 fully saturated rings. The van der Waals surface area contributed by atoms with Gasteiger partial charge < -0.3 is 20.5 Å². The third-order valence-electron chi connectivity index (χ3n) is 6.69. The summed E-state index contributed by atoms with van der Waals surface area (Å²) in [5.41, 5.74) is 3.75. The van der Waals surface area contributed by atoms with Gasteiger partial charge in [-0.1, -0.05) is 55.5 Å². The van der Waals surface area contributed by atoms with Crippen LogP contribution in [-0.2, 0) is 14.3 Å². The summed E-state index contributed by atoms with van der Waals surface area (Å²) < 4.78 is 5.57. The molecule has 0 bridgehead atoms. The molecule has 2 aromatic rings. The molecule has 1 aliphatic heterocycles. The standard InChI is InChI=1S/C26H30N2O5S/c1-2-22(24(31)28-26(15-23(29)30)11-13-34-14-12-26)27-25(32)33-16-21-19-9-5-3-7-17(19)18-8-4-6-10-20(18)21/h3-10,21-22H,2,11-16H2,1H3,(H,27,32)(H,28,31)(H,29,30)/t22-/m0/s1. The minimum atomic E-state index is -0.940. The number of aliphatic carboxylic acids is 1. The Balaban J connectivity index is 1.38. The van der Waals surface area contributed by atoms with Gasteiger partial charge in [0.05, 0.1) is 12.0 Å². The molecular weight excluding hydrogens is 452 g/mol. The molecule has 180 valence electrons. The van der Waals surface area contributed by atoms with Crippen LogP contribution in [0.5, 0.6) is 0 Å². The third kappa shape index (κ3) is 5.22. The van der Waals surface area contributed by atoms with E-state index in [0.29, 0.717) is 19.3 Å². The number of hydrogen-bond donors (Lipinski definition) is 3. The zero-order chi connectivity index (χ0) is 24.1. The Kier molecular flexibility index (Phi) is 7.46. The minimum Gasteiger partial charge on any atom is -0.481 e. The van der Waals surface area contributed by atoms with E-state index in [1.54, 1.807) is 18.7 Å². The van der Waals surface area contributed by atoms with Gasteiger partial charge in [-0.25, -0.2) is 4.79 Å². The summed E-state index contributed by atoms with van der Waals surface area (Å²) in [7, 11) is 0. The van der Waals surface area contributed by atoms with Crippen LogP contribution in [0.25, 0.3) is 11.1 Å². The maximum absolute atomic E-state index is 13.0. The highest BCUT2D eigenvalue weighted by atomic mass is 32.2. The smallest absolute Gasteiger partial charge is 0.407 e. The van der Waals surface area contributed by atoms with Crippen molar-refractivity contribution >= 4 is 29.7 Å². The van der Waals surface area contributed by atoms with Crippen molar-refractivity contribution in [3.63, 3.8) is 0 Å². The number of carbonyl (C=O) groups excluding carboxylic acids is 2. The molecular formula is C26H30N2O5S. The van der Waals surface area contributed by atoms with Gasteiger partial charge in [-0.05, 0) is 53.0 Å². The molecule has 2 amide bonds. The molecule has 0 saturated carbocycles. The van der Waals surface area contributed by atoms with Gasteiger partial charge in [-0.3, -0.25) is 9.59 Å². The maximum atomic E-state index is 13.0. The largest absolute Gasteiger partial charge is 0.481 e. The van der Waals surface area contributed by atoms with Crippen molar-refractivity contribution in [1.82, 2.24) is 10.6 Å². The number of thioether (sulfide) groups is 1. The van der Waals surface area contributed by atoms with Crippen LogP contribution in [-0.4, -0.2) is 52.8 Å². The van der Waals surface area contributed by atoms with Crippen molar-refractivity contribution in [2.45, 2.75) is 50.1 Å². The summed E-state index contributed by atoms with van der Waals surface area (Å²) in [5, 5.41) is 15.0. The van der Waals surface area contributed by atoms with E-state index in [2.05, 4.69) is 22.8 Å². The van der Waals surface area contributed by atoms with Crippen LogP contribution in [0.1, 0.15) is 49.7 Å². The van der Waals surface area contributed by atoms with Crippen molar-refractivity contribution < 1.29 is 24.2 Å². The zero-order valence-corrected chi connectivity index (χ0v) is 20.0. The van der Waals surface area contributed by atoms with Crippen molar-refractivity contribution in [3.05, 3.63) is 59.7 Å². The molecule has 0 unspecified atom stereocenters. The maximum Gasteiger partial charge on any atom is 0.407 e. The van der Waals surface area contributed by atoms with Gasteiger partial charge in [0.1, 0.15) is 12.6 Å². The van der Waals surface area contributed by atoms with Gasteiger partial charge in [0.25, 0.3) is 0 Å². The lowest BCUT2D eigenvalue weighted by molar-refractivity contribution is -0.139. The van der Waals surface area contributed by atoms with E-state index in [1.807, 2.05) is 36.4 Å². The molecule has 0 aromatic heterocycles. The van der Waals surface area contributed by atoms with E-state index in [4.69, 9.17) is 4.74 Å². The normalized spacial score (nSPS) is 17.2. The highest BCUT2D eigenvalue weighted by molar-refractivity contribution is 7.99. The number of alkyl carbamates (subject to hydrolysis) is 1. The first-order valence-electron chi connectivity index (χ1n) is 11.7. The predicted octanol–water partition coefficient (Wildman–Crippen LogP) is 4.16. The fourth-order valence-corrected chi connectivity index (χ4v) is 6.16. The lowest BCUT2D eigenvalue weighted by Gasteiger charge is -2.37. The Hall–Kier alpha value is -3.00. The van der Waals surface area contributed by atoms with E-state index in [0.717, 1.165) is 33.8 Å². The first kappa shape index (κ1) is 24.1. The van der Waals surface area contributed by atoms with Gasteiger partial charge in [0.2, 0.25) is 5.91 Å². The average molecular weight is 483 g/mol. The molecule has 34 heavy (non-hydrogen) atoms. The quantitative estimate of drug-likeness (QED) is 0.522. The minimum absolute atomic E-state index is 0.0642. The van der Waals surface area contributed by atoms with Gasteiger partial charge in [0.15, 0.2) is 0 Å². The number of ether oxygens (including phenoxy) is 1. The summed E-state index contributed by atoms with van der Waals surface area (Å²) in [6.07, 6.45) is 0.776.